The SMILES string of the molecule is COc1cc(NCC(CNC(=O)OC(C)(C)C)c2ccccc2)nc2ccccc12. The molecule has 0 saturated carbocycles. The number of ether oxygens (including phenoxy) is 2. The average molecular weight is 408 g/mol. The number of benzene rings is 2. The van der Waals surface area contributed by atoms with E-state index in [0.29, 0.717) is 13.1 Å². The molecule has 0 saturated heterocycles. The number of anilines is 1. The molecule has 2 N–H and O–H groups in total. The highest BCUT2D eigenvalue weighted by atomic mass is 16.6. The number of fused-ring (bicyclic) bond motifs is 1. The summed E-state index contributed by atoms with van der Waals surface area (Å²) in [5.74, 6) is 1.54. The van der Waals surface area contributed by atoms with Crippen LogP contribution in [0.25, 0.3) is 10.9 Å². The first kappa shape index (κ1) is 21.4. The summed E-state index contributed by atoms with van der Waals surface area (Å²) in [6.07, 6.45) is -0.422. The second kappa shape index (κ2) is 9.48. The Kier molecular flexibility index (Phi) is 6.77. The lowest BCUT2D eigenvalue weighted by atomic mass is 9.99. The molecule has 1 unspecified atom stereocenters. The van der Waals surface area contributed by atoms with Crippen molar-refractivity contribution >= 4 is 22.8 Å². The van der Waals surface area contributed by atoms with Crippen molar-refractivity contribution in [2.75, 3.05) is 25.5 Å². The molecular weight excluding hydrogens is 378 g/mol. The van der Waals surface area contributed by atoms with Crippen molar-refractivity contribution in [3.63, 3.8) is 0 Å². The lowest BCUT2D eigenvalue weighted by molar-refractivity contribution is 0.0525. The number of hydrogen-bond donors (Lipinski definition) is 2. The molecule has 1 heterocycles. The second-order valence-electron chi connectivity index (χ2n) is 8.10. The summed E-state index contributed by atoms with van der Waals surface area (Å²) in [4.78, 5) is 16.8. The van der Waals surface area contributed by atoms with Gasteiger partial charge in [-0.1, -0.05) is 42.5 Å². The largest absolute Gasteiger partial charge is 0.496 e. The highest BCUT2D eigenvalue weighted by Gasteiger charge is 2.18. The summed E-state index contributed by atoms with van der Waals surface area (Å²) in [7, 11) is 1.66. The van der Waals surface area contributed by atoms with Crippen molar-refractivity contribution in [2.24, 2.45) is 0 Å². The van der Waals surface area contributed by atoms with E-state index in [4.69, 9.17) is 14.5 Å². The number of para-hydroxylation sites is 1. The van der Waals surface area contributed by atoms with E-state index in [1.54, 1.807) is 7.11 Å². The highest BCUT2D eigenvalue weighted by molar-refractivity contribution is 5.86. The molecule has 3 rings (SSSR count). The van der Waals surface area contributed by atoms with Crippen LogP contribution in [-0.2, 0) is 4.74 Å². The maximum atomic E-state index is 12.1. The number of rotatable bonds is 7. The van der Waals surface area contributed by atoms with Crippen molar-refractivity contribution in [2.45, 2.75) is 32.3 Å². The van der Waals surface area contributed by atoms with Gasteiger partial charge in [-0.2, -0.15) is 0 Å². The van der Waals surface area contributed by atoms with Gasteiger partial charge in [0.25, 0.3) is 0 Å². The number of carbonyl (C=O) groups excluding carboxylic acids is 1. The van der Waals surface area contributed by atoms with Crippen molar-refractivity contribution in [3.8, 4) is 5.75 Å². The van der Waals surface area contributed by atoms with E-state index >= 15 is 0 Å². The Balaban J connectivity index is 1.74. The number of amides is 1. The molecule has 6 nitrogen and oxygen atoms in total. The Morgan fingerprint density at radius 1 is 1.03 bits per heavy atom. The molecule has 0 fully saturated rings. The lowest BCUT2D eigenvalue weighted by Gasteiger charge is -2.23. The van der Waals surface area contributed by atoms with E-state index in [0.717, 1.165) is 28.0 Å². The molecule has 0 aliphatic carbocycles. The molecule has 158 valence electrons. The van der Waals surface area contributed by atoms with E-state index in [9.17, 15) is 4.79 Å². The molecule has 0 aliphatic rings. The third kappa shape index (κ3) is 5.86. The summed E-state index contributed by atoms with van der Waals surface area (Å²) in [5, 5.41) is 7.25. The van der Waals surface area contributed by atoms with Gasteiger partial charge in [-0.3, -0.25) is 0 Å². The minimum atomic E-state index is -0.532. The molecule has 30 heavy (non-hydrogen) atoms. The third-order valence-electron chi connectivity index (χ3n) is 4.59. The molecule has 1 aromatic heterocycles. The normalized spacial score (nSPS) is 12.3. The average Bonchev–Trinajstić information content (AvgIpc) is 2.72. The zero-order valence-corrected chi connectivity index (χ0v) is 17.9. The van der Waals surface area contributed by atoms with E-state index in [1.165, 1.54) is 0 Å². The first-order valence-electron chi connectivity index (χ1n) is 10.0. The number of aromatic nitrogens is 1. The van der Waals surface area contributed by atoms with Gasteiger partial charge in [-0.25, -0.2) is 9.78 Å². The maximum absolute atomic E-state index is 12.1. The van der Waals surface area contributed by atoms with Gasteiger partial charge in [0.1, 0.15) is 17.2 Å². The molecule has 0 bridgehead atoms. The van der Waals surface area contributed by atoms with Crippen molar-refractivity contribution in [3.05, 3.63) is 66.2 Å². The van der Waals surface area contributed by atoms with Crippen LogP contribution < -0.4 is 15.4 Å². The van der Waals surface area contributed by atoms with E-state index in [-0.39, 0.29) is 5.92 Å². The Bertz CT molecular complexity index is 984. The lowest BCUT2D eigenvalue weighted by Crippen LogP contribution is -2.36. The van der Waals surface area contributed by atoms with Crippen LogP contribution in [0.5, 0.6) is 5.75 Å². The van der Waals surface area contributed by atoms with Crippen LogP contribution in [0, 0.1) is 0 Å². The molecule has 1 atom stereocenters. The van der Waals surface area contributed by atoms with Crippen LogP contribution in [0.2, 0.25) is 0 Å². The minimum absolute atomic E-state index is 0.0398. The third-order valence-corrected chi connectivity index (χ3v) is 4.59. The minimum Gasteiger partial charge on any atom is -0.496 e. The van der Waals surface area contributed by atoms with Crippen molar-refractivity contribution < 1.29 is 14.3 Å². The van der Waals surface area contributed by atoms with Crippen LogP contribution in [0.1, 0.15) is 32.3 Å². The standard InChI is InChI=1S/C24H29N3O3/c1-24(2,3)30-23(28)26-16-18(17-10-6-5-7-11-17)15-25-22-14-21(29-4)19-12-8-9-13-20(19)27-22/h5-14,18H,15-16H2,1-4H3,(H,25,27)(H,26,28). The van der Waals surface area contributed by atoms with E-state index in [1.807, 2.05) is 69.3 Å². The summed E-state index contributed by atoms with van der Waals surface area (Å²) in [5.41, 5.74) is 1.45. The van der Waals surface area contributed by atoms with Crippen molar-refractivity contribution in [1.82, 2.24) is 10.3 Å². The zero-order valence-electron chi connectivity index (χ0n) is 17.9. The van der Waals surface area contributed by atoms with E-state index < -0.39 is 11.7 Å². The van der Waals surface area contributed by atoms with Crippen LogP contribution in [-0.4, -0.2) is 36.9 Å². The Hall–Kier alpha value is -3.28. The van der Waals surface area contributed by atoms with Crippen LogP contribution in [0.15, 0.2) is 60.7 Å². The fraction of sp³-hybridized carbons (Fsp3) is 0.333. The van der Waals surface area contributed by atoms with Crippen LogP contribution in [0.3, 0.4) is 0 Å². The van der Waals surface area contributed by atoms with Crippen LogP contribution in [0.4, 0.5) is 10.6 Å². The number of nitrogens with zero attached hydrogens (tertiary/aromatic N) is 1. The first-order valence-corrected chi connectivity index (χ1v) is 10.0. The zero-order chi connectivity index (χ0) is 21.6. The molecule has 0 spiro atoms. The van der Waals surface area contributed by atoms with Gasteiger partial charge in [-0.05, 0) is 38.5 Å². The predicted molar refractivity (Wildman–Crippen MR) is 120 cm³/mol. The molecular formula is C24H29N3O3. The predicted octanol–water partition coefficient (Wildman–Crippen LogP) is 4.96. The Morgan fingerprint density at radius 2 is 1.73 bits per heavy atom. The fourth-order valence-corrected chi connectivity index (χ4v) is 3.18. The van der Waals surface area contributed by atoms with Gasteiger partial charge in [0, 0.05) is 30.5 Å². The van der Waals surface area contributed by atoms with Gasteiger partial charge in [-0.15, -0.1) is 0 Å². The fourth-order valence-electron chi connectivity index (χ4n) is 3.18. The number of nitrogens with one attached hydrogen (secondary N) is 2. The molecule has 3 aromatic rings. The summed E-state index contributed by atoms with van der Waals surface area (Å²) >= 11 is 0. The topological polar surface area (TPSA) is 72.5 Å². The number of pyridine rings is 1. The van der Waals surface area contributed by atoms with Crippen molar-refractivity contribution in [1.29, 1.82) is 0 Å². The quantitative estimate of drug-likeness (QED) is 0.579. The molecule has 1 amide bonds. The number of alkyl carbamates (subject to hydrolysis) is 1. The van der Waals surface area contributed by atoms with Crippen LogP contribution >= 0.6 is 0 Å². The van der Waals surface area contributed by atoms with Gasteiger partial charge in [0.15, 0.2) is 0 Å². The van der Waals surface area contributed by atoms with Gasteiger partial charge in [0.05, 0.1) is 12.6 Å². The monoisotopic (exact) mass is 407 g/mol. The Labute approximate surface area is 177 Å². The van der Waals surface area contributed by atoms with Gasteiger partial charge in [0.2, 0.25) is 0 Å². The highest BCUT2D eigenvalue weighted by Crippen LogP contribution is 2.27. The van der Waals surface area contributed by atoms with Gasteiger partial charge < -0.3 is 20.1 Å². The smallest absolute Gasteiger partial charge is 0.407 e. The Morgan fingerprint density at radius 3 is 2.43 bits per heavy atom. The molecule has 6 heteroatoms. The number of carbonyl (C=O) groups is 1. The number of hydrogen-bond acceptors (Lipinski definition) is 5. The maximum Gasteiger partial charge on any atom is 0.407 e. The summed E-state index contributed by atoms with van der Waals surface area (Å²) < 4.78 is 10.9. The first-order chi connectivity index (χ1) is 14.4. The van der Waals surface area contributed by atoms with E-state index in [2.05, 4.69) is 22.8 Å². The molecule has 0 radical (unpaired) electrons. The van der Waals surface area contributed by atoms with Gasteiger partial charge >= 0.3 is 6.09 Å². The second-order valence-corrected chi connectivity index (χ2v) is 8.10. The number of methoxy groups -OCH3 is 1. The molecule has 0 aliphatic heterocycles. The summed E-state index contributed by atoms with van der Waals surface area (Å²) in [6, 6.07) is 19.8. The summed E-state index contributed by atoms with van der Waals surface area (Å²) in [6.45, 7) is 6.58. The molecule has 2 aromatic carbocycles.